The summed E-state index contributed by atoms with van der Waals surface area (Å²) in [5.74, 6) is -0.441. The number of thioether (sulfide) groups is 1. The predicted molar refractivity (Wildman–Crippen MR) is 85.4 cm³/mol. The summed E-state index contributed by atoms with van der Waals surface area (Å²) in [7, 11) is 1.70. The van der Waals surface area contributed by atoms with Gasteiger partial charge in [-0.05, 0) is 42.2 Å². The van der Waals surface area contributed by atoms with Gasteiger partial charge in [0.25, 0.3) is 5.91 Å². The van der Waals surface area contributed by atoms with Crippen LogP contribution in [0.1, 0.15) is 15.9 Å². The van der Waals surface area contributed by atoms with Crippen molar-refractivity contribution in [2.24, 2.45) is 0 Å². The summed E-state index contributed by atoms with van der Waals surface area (Å²) in [6.45, 7) is 0.402. The zero-order valence-electron chi connectivity index (χ0n) is 11.8. The number of rotatable bonds is 4. The third kappa shape index (κ3) is 3.99. The molecular weight excluding hydrogens is 309 g/mol. The normalized spacial score (nSPS) is 10.5. The summed E-state index contributed by atoms with van der Waals surface area (Å²) in [5, 5.41) is 0.434. The van der Waals surface area contributed by atoms with E-state index in [1.54, 1.807) is 48.0 Å². The van der Waals surface area contributed by atoms with Gasteiger partial charge in [-0.2, -0.15) is 0 Å². The smallest absolute Gasteiger partial charge is 0.255 e. The maximum absolute atomic E-state index is 12.9. The Balaban J connectivity index is 2.17. The van der Waals surface area contributed by atoms with Crippen molar-refractivity contribution in [1.82, 2.24) is 4.90 Å². The number of hydrogen-bond acceptors (Lipinski definition) is 2. The first kappa shape index (κ1) is 15.9. The van der Waals surface area contributed by atoms with Crippen LogP contribution in [0.3, 0.4) is 0 Å². The molecule has 1 amide bonds. The lowest BCUT2D eigenvalue weighted by Gasteiger charge is -2.18. The summed E-state index contributed by atoms with van der Waals surface area (Å²) in [5.41, 5.74) is 1.34. The maximum atomic E-state index is 12.9. The van der Waals surface area contributed by atoms with Crippen LogP contribution in [-0.4, -0.2) is 24.1 Å². The Morgan fingerprint density at radius 1 is 1.24 bits per heavy atom. The molecule has 0 bridgehead atoms. The fraction of sp³-hybridized carbons (Fsp3) is 0.188. The second-order valence-electron chi connectivity index (χ2n) is 4.63. The van der Waals surface area contributed by atoms with Crippen molar-refractivity contribution in [2.75, 3.05) is 13.3 Å². The molecule has 0 aliphatic heterocycles. The Hall–Kier alpha value is -1.52. The van der Waals surface area contributed by atoms with Gasteiger partial charge in [0.15, 0.2) is 0 Å². The van der Waals surface area contributed by atoms with Crippen LogP contribution in [0.25, 0.3) is 0 Å². The van der Waals surface area contributed by atoms with Crippen LogP contribution in [0.4, 0.5) is 4.39 Å². The van der Waals surface area contributed by atoms with E-state index in [4.69, 9.17) is 11.6 Å². The quantitative estimate of drug-likeness (QED) is 0.774. The molecule has 21 heavy (non-hydrogen) atoms. The summed E-state index contributed by atoms with van der Waals surface area (Å²) < 4.78 is 12.9. The number of halogens is 2. The third-order valence-corrected chi connectivity index (χ3v) is 4.14. The van der Waals surface area contributed by atoms with E-state index in [1.165, 1.54) is 12.1 Å². The Labute approximate surface area is 132 Å². The number of hydrogen-bond donors (Lipinski definition) is 0. The van der Waals surface area contributed by atoms with Gasteiger partial charge in [-0.3, -0.25) is 4.79 Å². The van der Waals surface area contributed by atoms with Gasteiger partial charge < -0.3 is 4.90 Å². The second-order valence-corrected chi connectivity index (χ2v) is 5.92. The van der Waals surface area contributed by atoms with Gasteiger partial charge in [0.2, 0.25) is 0 Å². The van der Waals surface area contributed by atoms with Crippen molar-refractivity contribution >= 4 is 29.3 Å². The van der Waals surface area contributed by atoms with Crippen LogP contribution in [0.2, 0.25) is 5.02 Å². The fourth-order valence-corrected chi connectivity index (χ4v) is 2.57. The van der Waals surface area contributed by atoms with E-state index >= 15 is 0 Å². The Bertz CT molecular complexity index is 645. The van der Waals surface area contributed by atoms with Gasteiger partial charge in [0.1, 0.15) is 5.82 Å². The molecule has 0 saturated heterocycles. The van der Waals surface area contributed by atoms with E-state index in [0.29, 0.717) is 17.1 Å². The number of carbonyl (C=O) groups is 1. The van der Waals surface area contributed by atoms with Crippen molar-refractivity contribution in [2.45, 2.75) is 11.4 Å². The molecule has 2 nitrogen and oxygen atoms in total. The van der Waals surface area contributed by atoms with Crippen molar-refractivity contribution in [3.8, 4) is 0 Å². The molecule has 2 aromatic carbocycles. The highest BCUT2D eigenvalue weighted by atomic mass is 35.5. The molecule has 0 heterocycles. The van der Waals surface area contributed by atoms with Crippen LogP contribution in [-0.2, 0) is 6.54 Å². The van der Waals surface area contributed by atoms with Crippen molar-refractivity contribution in [3.63, 3.8) is 0 Å². The van der Waals surface area contributed by atoms with E-state index in [1.807, 2.05) is 12.3 Å². The van der Waals surface area contributed by atoms with Crippen molar-refractivity contribution < 1.29 is 9.18 Å². The number of amides is 1. The minimum absolute atomic E-state index is 0.153. The highest BCUT2D eigenvalue weighted by Gasteiger charge is 2.16. The number of benzene rings is 2. The summed E-state index contributed by atoms with van der Waals surface area (Å²) >= 11 is 7.66. The predicted octanol–water partition coefficient (Wildman–Crippen LogP) is 4.47. The van der Waals surface area contributed by atoms with Gasteiger partial charge in [-0.25, -0.2) is 4.39 Å². The molecular formula is C16H15ClFNOS. The highest BCUT2D eigenvalue weighted by Crippen LogP contribution is 2.24. The van der Waals surface area contributed by atoms with E-state index in [9.17, 15) is 9.18 Å². The van der Waals surface area contributed by atoms with Gasteiger partial charge in [0.05, 0.1) is 10.6 Å². The maximum Gasteiger partial charge on any atom is 0.255 e. The van der Waals surface area contributed by atoms with Gasteiger partial charge >= 0.3 is 0 Å². The lowest BCUT2D eigenvalue weighted by molar-refractivity contribution is 0.0785. The largest absolute Gasteiger partial charge is 0.337 e. The first-order valence-corrected chi connectivity index (χ1v) is 7.95. The molecule has 110 valence electrons. The standard InChI is InChI=1S/C16H15ClFNOS/c1-19(10-11-3-5-12(18)6-4-11)16(20)14-9-13(21-2)7-8-15(14)17/h3-9H,10H2,1-2H3. The van der Waals surface area contributed by atoms with Crippen molar-refractivity contribution in [1.29, 1.82) is 0 Å². The topological polar surface area (TPSA) is 20.3 Å². The molecule has 0 saturated carbocycles. The fourth-order valence-electron chi connectivity index (χ4n) is 1.94. The molecule has 2 rings (SSSR count). The minimum Gasteiger partial charge on any atom is -0.337 e. The Morgan fingerprint density at radius 3 is 2.52 bits per heavy atom. The summed E-state index contributed by atoms with van der Waals surface area (Å²) in [4.78, 5) is 15.0. The monoisotopic (exact) mass is 323 g/mol. The summed E-state index contributed by atoms with van der Waals surface area (Å²) in [6, 6.07) is 11.5. The minimum atomic E-state index is -0.288. The first-order chi connectivity index (χ1) is 10.0. The third-order valence-electron chi connectivity index (χ3n) is 3.08. The number of nitrogens with zero attached hydrogens (tertiary/aromatic N) is 1. The molecule has 0 fully saturated rings. The van der Waals surface area contributed by atoms with Crippen LogP contribution >= 0.6 is 23.4 Å². The Morgan fingerprint density at radius 2 is 1.90 bits per heavy atom. The summed E-state index contributed by atoms with van der Waals surface area (Å²) in [6.07, 6.45) is 1.94. The average Bonchev–Trinajstić information content (AvgIpc) is 2.49. The molecule has 5 heteroatoms. The number of carbonyl (C=O) groups excluding carboxylic acids is 1. The van der Waals surface area contributed by atoms with Crippen LogP contribution < -0.4 is 0 Å². The molecule has 0 aliphatic rings. The van der Waals surface area contributed by atoms with E-state index in [-0.39, 0.29) is 11.7 Å². The van der Waals surface area contributed by atoms with Crippen molar-refractivity contribution in [3.05, 3.63) is 64.4 Å². The second kappa shape index (κ2) is 6.96. The van der Waals surface area contributed by atoms with Gasteiger partial charge in [0, 0.05) is 18.5 Å². The van der Waals surface area contributed by atoms with Gasteiger partial charge in [-0.15, -0.1) is 11.8 Å². The van der Waals surface area contributed by atoms with E-state index in [0.717, 1.165) is 10.5 Å². The SMILES string of the molecule is CSc1ccc(Cl)c(C(=O)N(C)Cc2ccc(F)cc2)c1. The highest BCUT2D eigenvalue weighted by molar-refractivity contribution is 7.98. The zero-order chi connectivity index (χ0) is 15.4. The first-order valence-electron chi connectivity index (χ1n) is 6.34. The molecule has 0 aliphatic carbocycles. The van der Waals surface area contributed by atoms with Crippen LogP contribution in [0.5, 0.6) is 0 Å². The lowest BCUT2D eigenvalue weighted by Crippen LogP contribution is -2.26. The zero-order valence-corrected chi connectivity index (χ0v) is 13.3. The average molecular weight is 324 g/mol. The molecule has 2 aromatic rings. The molecule has 0 aromatic heterocycles. The van der Waals surface area contributed by atoms with Crippen LogP contribution in [0, 0.1) is 5.82 Å². The Kier molecular flexibility index (Phi) is 5.26. The molecule has 0 radical (unpaired) electrons. The molecule has 0 N–H and O–H groups in total. The molecule has 0 spiro atoms. The van der Waals surface area contributed by atoms with Gasteiger partial charge in [-0.1, -0.05) is 23.7 Å². The van der Waals surface area contributed by atoms with Crippen LogP contribution in [0.15, 0.2) is 47.4 Å². The molecule has 0 atom stereocenters. The van der Waals surface area contributed by atoms with E-state index < -0.39 is 0 Å². The molecule has 0 unspecified atom stereocenters. The lowest BCUT2D eigenvalue weighted by atomic mass is 10.1. The van der Waals surface area contributed by atoms with E-state index in [2.05, 4.69) is 0 Å².